The molecule has 8 N–H and O–H groups in total. The number of quaternary nitrogens is 2. The molecule has 0 heterocycles. The van der Waals surface area contributed by atoms with Crippen LogP contribution in [0.2, 0.25) is 0 Å². The van der Waals surface area contributed by atoms with E-state index >= 15 is 0 Å². The van der Waals surface area contributed by atoms with Crippen molar-refractivity contribution < 1.29 is 71.2 Å². The number of carbonyl (C=O) groups excluding carboxylic acids is 2. The van der Waals surface area contributed by atoms with E-state index in [2.05, 4.69) is 38.2 Å². The third kappa shape index (κ3) is 45.1. The van der Waals surface area contributed by atoms with Gasteiger partial charge in [-0.2, -0.15) is 0 Å². The highest BCUT2D eigenvalue weighted by Gasteiger charge is 2.29. The number of rotatable bonds is 37. The molecular weight excluding hydrogens is 748 g/mol. The third-order valence-corrected chi connectivity index (χ3v) is 10.2. The lowest BCUT2D eigenvalue weighted by Gasteiger charge is -2.18. The quantitative estimate of drug-likeness (QED) is 0.0127. The van der Waals surface area contributed by atoms with Gasteiger partial charge in [0.2, 0.25) is 0 Å². The van der Waals surface area contributed by atoms with Crippen LogP contribution in [0.5, 0.6) is 0 Å². The molecule has 14 heteroatoms. The van der Waals surface area contributed by atoms with Crippen molar-refractivity contribution in [3.8, 4) is 0 Å². The average molecular weight is 837 g/mol. The summed E-state index contributed by atoms with van der Waals surface area (Å²) in [5.74, 6) is -4.12. The van der Waals surface area contributed by atoms with Crippen LogP contribution in [0.3, 0.4) is 0 Å². The highest BCUT2D eigenvalue weighted by molar-refractivity contribution is 5.80. The lowest BCUT2D eigenvalue weighted by molar-refractivity contribution is -1.38. The zero-order valence-corrected chi connectivity index (χ0v) is 36.9. The summed E-state index contributed by atoms with van der Waals surface area (Å²) in [6.45, 7) is 7.79. The van der Waals surface area contributed by atoms with Gasteiger partial charge >= 0.3 is 0 Å². The van der Waals surface area contributed by atoms with Gasteiger partial charge in [-0.3, -0.25) is 0 Å². The summed E-state index contributed by atoms with van der Waals surface area (Å²) >= 11 is 0. The Labute approximate surface area is 351 Å². The molecule has 4 atom stereocenters. The molecule has 0 aromatic carbocycles. The molecule has 14 nitrogen and oxygen atoms in total. The fourth-order valence-electron chi connectivity index (χ4n) is 5.98. The minimum absolute atomic E-state index is 0.540. The fraction of sp³-hybridized carbons (Fsp3) is 0.864. The predicted molar refractivity (Wildman–Crippen MR) is 220 cm³/mol. The zero-order chi connectivity index (χ0) is 44.5. The Kier molecular flexibility index (Phi) is 43.4. The summed E-state index contributed by atoms with van der Waals surface area (Å²) in [5.41, 5.74) is 0. The van der Waals surface area contributed by atoms with E-state index in [1.54, 1.807) is 13.8 Å². The van der Waals surface area contributed by atoms with Crippen molar-refractivity contribution in [3.63, 3.8) is 0 Å². The van der Waals surface area contributed by atoms with Crippen LogP contribution in [-0.4, -0.2) is 87.6 Å². The van der Waals surface area contributed by atoms with Gasteiger partial charge in [0.25, 0.3) is 0 Å². The molecule has 346 valence electrons. The van der Waals surface area contributed by atoms with Gasteiger partial charge in [-0.1, -0.05) is 154 Å². The van der Waals surface area contributed by atoms with Crippen LogP contribution in [0.4, 0.5) is 0 Å². The average Bonchev–Trinajstić information content (AvgIpc) is 3.16. The van der Waals surface area contributed by atoms with Crippen LogP contribution in [-0.2, 0) is 9.59 Å². The van der Waals surface area contributed by atoms with Gasteiger partial charge in [-0.05, 0) is 78.1 Å². The van der Waals surface area contributed by atoms with Crippen molar-refractivity contribution in [2.75, 3.05) is 0 Å². The van der Waals surface area contributed by atoms with Crippen LogP contribution >= 0.6 is 0 Å². The van der Waals surface area contributed by atoms with E-state index in [0.29, 0.717) is 12.8 Å². The maximum atomic E-state index is 9.63. The summed E-state index contributed by atoms with van der Waals surface area (Å²) in [4.78, 5) is 15.5. The number of unbranched alkanes of at least 4 members (excludes halogenated alkanes) is 24. The lowest BCUT2D eigenvalue weighted by atomic mass is 10.1. The number of carboxylic acids is 2. The molecule has 0 rings (SSSR count). The Bertz CT molecular complexity index is 893. The smallest absolute Gasteiger partial charge is 0.184 e. The molecule has 0 aliphatic rings. The second kappa shape index (κ2) is 41.7. The van der Waals surface area contributed by atoms with Gasteiger partial charge in [0.1, 0.15) is 12.2 Å². The van der Waals surface area contributed by atoms with Crippen LogP contribution in [0.15, 0.2) is 24.3 Å². The lowest BCUT2D eigenvalue weighted by Crippen LogP contribution is -2.51. The SMILES string of the molecule is CCCCCCCC/C=C\CCCCCCCCC(C)[N+](O)(O)O.CCCCCCCC/C=C\CCCCCCCCC(C)[N+](O)(O)O.O=C([O-])C(O)C(O)C(=O)[O-]. The maximum Gasteiger partial charge on any atom is 0.184 e. The van der Waals surface area contributed by atoms with E-state index in [0.717, 1.165) is 25.7 Å². The monoisotopic (exact) mass is 837 g/mol. The molecule has 0 aliphatic carbocycles. The molecular formula is C44H88N2O12. The van der Waals surface area contributed by atoms with Gasteiger partial charge in [0, 0.05) is 12.8 Å². The van der Waals surface area contributed by atoms with Gasteiger partial charge in [0.15, 0.2) is 12.1 Å². The molecule has 58 heavy (non-hydrogen) atoms. The molecule has 0 fully saturated rings. The summed E-state index contributed by atoms with van der Waals surface area (Å²) in [6.07, 6.45) is 41.1. The normalized spacial score (nSPS) is 14.1. The molecule has 0 bridgehead atoms. The standard InChI is InChI=1S/2C20H42NO3.C4H6O6/c2*1-3-4-5-6-7-8-9-10-11-12-13-14-15-16-17-18-19-20(2)21(22,23)24;5-1(3(7)8)2(6)4(9)10/h2*10-11,20,22-24H,3-9,12-19H2,1-2H3;1-2,5-6H,(H,7,8)(H,9,10)/q2*+1;/p-2/b2*11-10-;. The number of allylic oxidation sites excluding steroid dienone is 4. The van der Waals surface area contributed by atoms with Crippen molar-refractivity contribution in [3.05, 3.63) is 24.3 Å². The number of carbonyl (C=O) groups is 2. The first kappa shape index (κ1) is 60.3. The number of aliphatic hydroxyl groups is 2. The summed E-state index contributed by atoms with van der Waals surface area (Å²) in [5, 5.41) is 89.5. The number of hydrogen-bond acceptors (Lipinski definition) is 12. The van der Waals surface area contributed by atoms with E-state index < -0.39 is 46.2 Å². The van der Waals surface area contributed by atoms with E-state index in [1.165, 1.54) is 154 Å². The first-order valence-corrected chi connectivity index (χ1v) is 22.6. The molecule has 0 aromatic heterocycles. The minimum atomic E-state index is -2.44. The molecule has 0 aliphatic heterocycles. The van der Waals surface area contributed by atoms with E-state index in [4.69, 9.17) is 41.5 Å². The highest BCUT2D eigenvalue weighted by atomic mass is 17.1. The summed E-state index contributed by atoms with van der Waals surface area (Å²) < 4.78 is 0. The molecule has 0 spiro atoms. The topological polar surface area (TPSA) is 242 Å². The Hall–Kier alpha value is -1.98. The van der Waals surface area contributed by atoms with Crippen molar-refractivity contribution in [1.29, 1.82) is 0 Å². The molecule has 0 saturated carbocycles. The molecule has 4 unspecified atom stereocenters. The van der Waals surface area contributed by atoms with Gasteiger partial charge in [-0.15, -0.1) is 31.2 Å². The Morgan fingerprint density at radius 3 is 0.828 bits per heavy atom. The Morgan fingerprint density at radius 2 is 0.621 bits per heavy atom. The number of hydroxylamine groups is 6. The number of nitrogens with zero attached hydrogens (tertiary/aromatic N) is 2. The first-order valence-electron chi connectivity index (χ1n) is 22.6. The van der Waals surface area contributed by atoms with Crippen LogP contribution in [0, 0.1) is 0 Å². The van der Waals surface area contributed by atoms with E-state index in [1.807, 2.05) is 0 Å². The number of carboxylic acid groups (broad SMARTS) is 2. The van der Waals surface area contributed by atoms with Crippen LogP contribution in [0.1, 0.15) is 220 Å². The van der Waals surface area contributed by atoms with Gasteiger partial charge in [0.05, 0.1) is 21.9 Å². The van der Waals surface area contributed by atoms with Gasteiger partial charge in [-0.25, -0.2) is 0 Å². The summed E-state index contributed by atoms with van der Waals surface area (Å²) in [6, 6.07) is -1.08. The number of hydrogen-bond donors (Lipinski definition) is 8. The third-order valence-electron chi connectivity index (χ3n) is 10.2. The van der Waals surface area contributed by atoms with E-state index in [9.17, 15) is 19.8 Å². The second-order valence-corrected chi connectivity index (χ2v) is 15.9. The van der Waals surface area contributed by atoms with Crippen LogP contribution in [0.25, 0.3) is 0 Å². The Balaban J connectivity index is -0.000000847. The number of aliphatic carboxylic acids is 2. The second-order valence-electron chi connectivity index (χ2n) is 15.9. The van der Waals surface area contributed by atoms with Gasteiger partial charge < -0.3 is 30.0 Å². The van der Waals surface area contributed by atoms with Crippen molar-refractivity contribution in [1.82, 2.24) is 0 Å². The van der Waals surface area contributed by atoms with Crippen molar-refractivity contribution in [2.45, 2.75) is 245 Å². The Morgan fingerprint density at radius 1 is 0.414 bits per heavy atom. The van der Waals surface area contributed by atoms with Crippen LogP contribution < -0.4 is 10.2 Å². The molecule has 0 saturated heterocycles. The first-order chi connectivity index (χ1) is 27.4. The maximum absolute atomic E-state index is 9.63. The predicted octanol–water partition coefficient (Wildman–Crippen LogP) is 8.78. The molecule has 0 aromatic rings. The fourth-order valence-corrected chi connectivity index (χ4v) is 5.98. The van der Waals surface area contributed by atoms with Crippen molar-refractivity contribution in [2.24, 2.45) is 0 Å². The molecule has 0 amide bonds. The number of aliphatic hydroxyl groups excluding tert-OH is 2. The van der Waals surface area contributed by atoms with E-state index in [-0.39, 0.29) is 0 Å². The largest absolute Gasteiger partial charge is 0.547 e. The minimum Gasteiger partial charge on any atom is -0.547 e. The zero-order valence-electron chi connectivity index (χ0n) is 36.9. The summed E-state index contributed by atoms with van der Waals surface area (Å²) in [7, 11) is 0. The molecule has 0 radical (unpaired) electrons. The highest BCUT2D eigenvalue weighted by Crippen LogP contribution is 2.16. The van der Waals surface area contributed by atoms with Crippen molar-refractivity contribution >= 4 is 11.9 Å².